The Morgan fingerprint density at radius 3 is 1.32 bits per heavy atom. The zero-order valence-corrected chi connectivity index (χ0v) is 29.9. The molecule has 4 aromatic rings. The minimum Gasteiger partial charge on any atom is -0.481 e. The number of nitrogens with zero attached hydrogens (tertiary/aromatic N) is 4. The van der Waals surface area contributed by atoms with E-state index in [1.54, 1.807) is 74.5 Å². The van der Waals surface area contributed by atoms with Crippen molar-refractivity contribution in [2.45, 2.75) is 38.9 Å². The molecule has 50 heavy (non-hydrogen) atoms. The highest BCUT2D eigenvalue weighted by Crippen LogP contribution is 2.31. The molecule has 2 aliphatic heterocycles. The lowest BCUT2D eigenvalue weighted by Gasteiger charge is -2.20. The van der Waals surface area contributed by atoms with Gasteiger partial charge in [0.1, 0.15) is 33.0 Å². The molecule has 0 bridgehead atoms. The molecule has 2 atom stereocenters. The Morgan fingerprint density at radius 1 is 0.640 bits per heavy atom. The van der Waals surface area contributed by atoms with Gasteiger partial charge in [-0.25, -0.2) is 20.1 Å². The summed E-state index contributed by atoms with van der Waals surface area (Å²) in [7, 11) is 0. The zero-order valence-electron chi connectivity index (χ0n) is 26.9. The van der Waals surface area contributed by atoms with Crippen molar-refractivity contribution in [2.75, 3.05) is 26.3 Å². The fourth-order valence-electron chi connectivity index (χ4n) is 4.51. The van der Waals surface area contributed by atoms with E-state index in [0.29, 0.717) is 69.4 Å². The van der Waals surface area contributed by atoms with E-state index in [4.69, 9.17) is 75.0 Å². The predicted octanol–water partition coefficient (Wildman–Crippen LogP) is 8.22. The number of amides is 2. The van der Waals surface area contributed by atoms with Gasteiger partial charge < -0.3 is 18.9 Å². The molecule has 0 radical (unpaired) electrons. The third kappa shape index (κ3) is 10.5. The van der Waals surface area contributed by atoms with E-state index in [1.165, 1.54) is 22.5 Å². The van der Waals surface area contributed by atoms with E-state index in [2.05, 4.69) is 9.97 Å². The molecule has 2 amide bonds. The lowest BCUT2D eigenvalue weighted by molar-refractivity contribution is -0.175. The van der Waals surface area contributed by atoms with Gasteiger partial charge in [0.25, 0.3) is 11.8 Å². The lowest BCUT2D eigenvalue weighted by Crippen LogP contribution is -2.37. The van der Waals surface area contributed by atoms with Crippen LogP contribution in [0.15, 0.2) is 73.1 Å². The number of carbonyl (C=O) groups is 2. The van der Waals surface area contributed by atoms with Gasteiger partial charge in [-0.1, -0.05) is 46.4 Å². The fraction of sp³-hybridized carbons (Fsp3) is 0.294. The van der Waals surface area contributed by atoms with Crippen molar-refractivity contribution in [3.05, 3.63) is 93.1 Å². The van der Waals surface area contributed by atoms with Crippen molar-refractivity contribution in [3.63, 3.8) is 0 Å². The number of aromatic nitrogens is 2. The van der Waals surface area contributed by atoms with Crippen molar-refractivity contribution in [1.29, 1.82) is 0 Å². The van der Waals surface area contributed by atoms with E-state index in [-0.39, 0.29) is 23.6 Å². The second-order valence-corrected chi connectivity index (χ2v) is 12.5. The van der Waals surface area contributed by atoms with E-state index >= 15 is 0 Å². The molecule has 0 N–H and O–H groups in total. The molecular formula is C34H32Cl4N4O8. The van der Waals surface area contributed by atoms with Crippen LogP contribution in [0.25, 0.3) is 0 Å². The largest absolute Gasteiger partial charge is 0.481 e. The number of rotatable bonds is 10. The maximum absolute atomic E-state index is 12.1. The van der Waals surface area contributed by atoms with Crippen LogP contribution in [-0.4, -0.2) is 70.4 Å². The molecule has 2 unspecified atom stereocenters. The van der Waals surface area contributed by atoms with Crippen molar-refractivity contribution >= 4 is 58.2 Å². The highest BCUT2D eigenvalue weighted by atomic mass is 35.5. The summed E-state index contributed by atoms with van der Waals surface area (Å²) in [5, 5.41) is 4.19. The van der Waals surface area contributed by atoms with E-state index in [1.807, 2.05) is 0 Å². The number of hydroxylamine groups is 4. The van der Waals surface area contributed by atoms with E-state index in [9.17, 15) is 9.59 Å². The molecule has 12 nitrogen and oxygen atoms in total. The van der Waals surface area contributed by atoms with Crippen molar-refractivity contribution in [1.82, 2.24) is 20.1 Å². The van der Waals surface area contributed by atoms with Crippen LogP contribution in [0.5, 0.6) is 34.8 Å². The molecule has 0 spiro atoms. The van der Waals surface area contributed by atoms with Gasteiger partial charge in [0.15, 0.2) is 12.2 Å². The van der Waals surface area contributed by atoms with Gasteiger partial charge in [0.2, 0.25) is 11.8 Å². The van der Waals surface area contributed by atoms with E-state index < -0.39 is 12.2 Å². The summed E-state index contributed by atoms with van der Waals surface area (Å²) in [6, 6.07) is 16.7. The molecule has 2 aliphatic rings. The maximum atomic E-state index is 12.1. The number of halogens is 4. The highest BCUT2D eigenvalue weighted by Gasteiger charge is 2.27. The van der Waals surface area contributed by atoms with Crippen LogP contribution in [0.4, 0.5) is 0 Å². The van der Waals surface area contributed by atoms with Crippen LogP contribution in [0.2, 0.25) is 20.1 Å². The summed E-state index contributed by atoms with van der Waals surface area (Å²) in [4.78, 5) is 42.8. The Labute approximate surface area is 308 Å². The molecule has 16 heteroatoms. The average Bonchev–Trinajstić information content (AvgIpc) is 3.84. The zero-order chi connectivity index (χ0) is 35.6. The molecule has 2 aromatic carbocycles. The Bertz CT molecular complexity index is 1630. The Balaban J connectivity index is 0.000000194. The molecule has 4 heterocycles. The Kier molecular flexibility index (Phi) is 13.2. The van der Waals surface area contributed by atoms with Gasteiger partial charge in [-0.15, -0.1) is 0 Å². The van der Waals surface area contributed by atoms with Crippen LogP contribution in [-0.2, 0) is 19.3 Å². The van der Waals surface area contributed by atoms with Crippen LogP contribution in [0.1, 0.15) is 26.7 Å². The molecule has 2 saturated heterocycles. The summed E-state index contributed by atoms with van der Waals surface area (Å²) in [5.74, 6) is 2.27. The molecular weight excluding hydrogens is 734 g/mol. The number of hydrogen-bond acceptors (Lipinski definition) is 10. The van der Waals surface area contributed by atoms with Gasteiger partial charge in [-0.2, -0.15) is 0 Å². The van der Waals surface area contributed by atoms with Crippen LogP contribution < -0.4 is 18.9 Å². The number of ether oxygens (including phenoxy) is 4. The fourth-order valence-corrected chi connectivity index (χ4v) is 5.34. The number of benzene rings is 2. The van der Waals surface area contributed by atoms with Crippen molar-refractivity contribution in [3.8, 4) is 34.8 Å². The van der Waals surface area contributed by atoms with E-state index in [0.717, 1.165) is 12.8 Å². The second kappa shape index (κ2) is 17.8. The topological polar surface area (TPSA) is 122 Å². The van der Waals surface area contributed by atoms with Crippen molar-refractivity contribution in [2.24, 2.45) is 0 Å². The highest BCUT2D eigenvalue weighted by molar-refractivity contribution is 6.35. The summed E-state index contributed by atoms with van der Waals surface area (Å²) < 4.78 is 22.5. The molecule has 0 saturated carbocycles. The quantitative estimate of drug-likeness (QED) is 0.156. The molecule has 0 aliphatic carbocycles. The van der Waals surface area contributed by atoms with Crippen molar-refractivity contribution < 1.29 is 38.2 Å². The first-order valence-electron chi connectivity index (χ1n) is 15.5. The second-order valence-electron chi connectivity index (χ2n) is 10.8. The number of pyridine rings is 2. The smallest absolute Gasteiger partial charge is 0.286 e. The molecule has 264 valence electrons. The lowest BCUT2D eigenvalue weighted by atomic mass is 10.3. The first kappa shape index (κ1) is 37.2. The normalized spacial score (nSPS) is 15.1. The van der Waals surface area contributed by atoms with Gasteiger partial charge in [-0.3, -0.25) is 19.3 Å². The van der Waals surface area contributed by atoms with Crippen LogP contribution in [0.3, 0.4) is 0 Å². The molecule has 2 aromatic heterocycles. The SMILES string of the molecule is CC(Oc1ccc(Oc2ncc(Cl)cc2Cl)cc1)C(=O)N1CCCO1.CC(Oc1ccc(Oc2ncc(Cl)cc2Cl)cc1)C(=O)N1CCCO1. The maximum Gasteiger partial charge on any atom is 0.286 e. The third-order valence-electron chi connectivity index (χ3n) is 6.94. The minimum absolute atomic E-state index is 0.199. The number of carbonyl (C=O) groups excluding carboxylic acids is 2. The predicted molar refractivity (Wildman–Crippen MR) is 186 cm³/mol. The van der Waals surface area contributed by atoms with Crippen LogP contribution >= 0.6 is 46.4 Å². The standard InChI is InChI=1S/2C17H16Cl2N2O4/c2*1-11(17(22)21-7-2-8-23-21)24-13-3-5-14(6-4-13)25-16-15(19)9-12(18)10-20-16/h2*3-6,9-11H,2,7-8H2,1H3. The van der Waals surface area contributed by atoms with Gasteiger partial charge in [0, 0.05) is 12.4 Å². The molecule has 6 rings (SSSR count). The summed E-state index contributed by atoms with van der Waals surface area (Å²) in [5.41, 5.74) is 0. The summed E-state index contributed by atoms with van der Waals surface area (Å²) in [6.45, 7) is 5.68. The third-order valence-corrected chi connectivity index (χ3v) is 7.90. The minimum atomic E-state index is -0.641. The molecule has 2 fully saturated rings. The number of hydrogen-bond donors (Lipinski definition) is 0. The van der Waals surface area contributed by atoms with Gasteiger partial charge in [-0.05, 0) is 87.4 Å². The van der Waals surface area contributed by atoms with Gasteiger partial charge >= 0.3 is 0 Å². The Morgan fingerprint density at radius 2 is 1.00 bits per heavy atom. The average molecular weight is 766 g/mol. The monoisotopic (exact) mass is 764 g/mol. The van der Waals surface area contributed by atoms with Crippen LogP contribution in [0, 0.1) is 0 Å². The summed E-state index contributed by atoms with van der Waals surface area (Å²) >= 11 is 23.7. The Hall–Kier alpha value is -4.04. The first-order valence-corrected chi connectivity index (χ1v) is 17.0. The van der Waals surface area contributed by atoms with Gasteiger partial charge in [0.05, 0.1) is 36.3 Å². The summed E-state index contributed by atoms with van der Waals surface area (Å²) in [6.07, 6.45) is 3.30. The first-order chi connectivity index (χ1) is 24.0.